The molecule has 1 aliphatic heterocycles. The van der Waals surface area contributed by atoms with Crippen molar-refractivity contribution in [2.75, 3.05) is 6.61 Å². The monoisotopic (exact) mass is 539 g/mol. The van der Waals surface area contributed by atoms with E-state index in [0.717, 1.165) is 11.1 Å². The van der Waals surface area contributed by atoms with Gasteiger partial charge in [0.1, 0.15) is 12.3 Å². The Hall–Kier alpha value is -2.39. The van der Waals surface area contributed by atoms with Crippen molar-refractivity contribution in [1.82, 2.24) is 0 Å². The summed E-state index contributed by atoms with van der Waals surface area (Å²) >= 11 is 0. The molecule has 0 spiro atoms. The van der Waals surface area contributed by atoms with Gasteiger partial charge in [-0.3, -0.25) is 4.79 Å². The standard InChI is InChI=1S/C31H38FNO6/c1-18-6-9-21(10-7-18)38-33-20-12-13-28(4)19(14-20)8-11-22-23-15-26-31(25(36)17-34,39-27(2,3)37-26)29(23,5)16-24(35)30(22,28)32/h6-7,9-10,12-14,22-24,26,34-35H,8,11,15-17H2,1-5H3/b33-20+/t22-,23-,24-,26+,28-,29-,30-,31+/m0/s1. The zero-order valence-corrected chi connectivity index (χ0v) is 23.2. The van der Waals surface area contributed by atoms with Crippen LogP contribution in [0.4, 0.5) is 4.39 Å². The molecule has 1 saturated heterocycles. The molecule has 0 amide bonds. The number of ketones is 1. The molecule has 8 atom stereocenters. The molecule has 0 unspecified atom stereocenters. The molecule has 4 aliphatic carbocycles. The van der Waals surface area contributed by atoms with Crippen LogP contribution in [0.5, 0.6) is 5.75 Å². The predicted molar refractivity (Wildman–Crippen MR) is 143 cm³/mol. The van der Waals surface area contributed by atoms with Crippen molar-refractivity contribution >= 4 is 11.5 Å². The minimum Gasteiger partial charge on any atom is -0.390 e. The highest BCUT2D eigenvalue weighted by Crippen LogP contribution is 2.72. The van der Waals surface area contributed by atoms with Crippen LogP contribution in [-0.4, -0.2) is 57.6 Å². The quantitative estimate of drug-likeness (QED) is 0.543. The number of fused-ring (bicyclic) bond motifs is 7. The molecular formula is C31H38FNO6. The maximum absolute atomic E-state index is 17.7. The minimum atomic E-state index is -1.96. The molecule has 1 aromatic carbocycles. The second-order valence-corrected chi connectivity index (χ2v) is 12.9. The topological polar surface area (TPSA) is 97.6 Å². The van der Waals surface area contributed by atoms with Crippen LogP contribution < -0.4 is 4.84 Å². The maximum atomic E-state index is 17.7. The molecule has 2 N–H and O–H groups in total. The minimum absolute atomic E-state index is 0.0283. The molecule has 7 nitrogen and oxygen atoms in total. The highest BCUT2D eigenvalue weighted by Gasteiger charge is 2.79. The number of halogens is 1. The number of Topliss-reactive ketones (excluding diaryl/α,β-unsaturated/α-hetero) is 1. The molecule has 210 valence electrons. The zero-order chi connectivity index (χ0) is 28.0. The van der Waals surface area contributed by atoms with Crippen molar-refractivity contribution in [2.45, 2.75) is 89.6 Å². The molecule has 8 heteroatoms. The van der Waals surface area contributed by atoms with Crippen molar-refractivity contribution in [3.8, 4) is 5.75 Å². The molecule has 1 aromatic rings. The molecule has 39 heavy (non-hydrogen) atoms. The number of hydrogen-bond acceptors (Lipinski definition) is 7. The van der Waals surface area contributed by atoms with Gasteiger partial charge in [0, 0.05) is 16.7 Å². The number of benzene rings is 1. The number of allylic oxidation sites excluding steroid dienone is 4. The van der Waals surface area contributed by atoms with Crippen LogP contribution in [0.15, 0.2) is 53.2 Å². The number of rotatable bonds is 4. The molecule has 0 aromatic heterocycles. The lowest BCUT2D eigenvalue weighted by Gasteiger charge is -2.62. The first kappa shape index (κ1) is 26.8. The van der Waals surface area contributed by atoms with Gasteiger partial charge >= 0.3 is 0 Å². The number of carbonyl (C=O) groups is 1. The van der Waals surface area contributed by atoms with Crippen LogP contribution in [-0.2, 0) is 14.3 Å². The van der Waals surface area contributed by atoms with E-state index in [1.165, 1.54) is 0 Å². The van der Waals surface area contributed by atoms with Gasteiger partial charge < -0.3 is 24.5 Å². The van der Waals surface area contributed by atoms with E-state index in [-0.39, 0.29) is 12.3 Å². The van der Waals surface area contributed by atoms with Gasteiger partial charge in [0.2, 0.25) is 0 Å². The smallest absolute Gasteiger partial charge is 0.193 e. The summed E-state index contributed by atoms with van der Waals surface area (Å²) in [6.07, 6.45) is 5.09. The average Bonchev–Trinajstić information content (AvgIpc) is 3.29. The van der Waals surface area contributed by atoms with Crippen molar-refractivity contribution in [3.63, 3.8) is 0 Å². The number of alkyl halides is 1. The second-order valence-electron chi connectivity index (χ2n) is 12.9. The van der Waals surface area contributed by atoms with Gasteiger partial charge in [-0.1, -0.05) is 41.4 Å². The number of ether oxygens (including phenoxy) is 2. The summed E-state index contributed by atoms with van der Waals surface area (Å²) in [5, 5.41) is 25.9. The Kier molecular flexibility index (Phi) is 5.88. The van der Waals surface area contributed by atoms with Gasteiger partial charge in [-0.05, 0) is 83.6 Å². The Morgan fingerprint density at radius 1 is 1.18 bits per heavy atom. The number of carbonyl (C=O) groups excluding carboxylic acids is 1. The zero-order valence-electron chi connectivity index (χ0n) is 23.2. The predicted octanol–water partition coefficient (Wildman–Crippen LogP) is 4.59. The molecule has 0 radical (unpaired) electrons. The highest BCUT2D eigenvalue weighted by atomic mass is 19.1. The van der Waals surface area contributed by atoms with E-state index in [1.807, 2.05) is 57.2 Å². The summed E-state index contributed by atoms with van der Waals surface area (Å²) in [5.41, 5.74) is -2.75. The van der Waals surface area contributed by atoms with Crippen LogP contribution in [0.2, 0.25) is 0 Å². The number of aliphatic hydroxyl groups excluding tert-OH is 2. The van der Waals surface area contributed by atoms with Gasteiger partial charge in [0.15, 0.2) is 28.6 Å². The van der Waals surface area contributed by atoms with Gasteiger partial charge in [-0.2, -0.15) is 0 Å². The molecular weight excluding hydrogens is 501 g/mol. The van der Waals surface area contributed by atoms with E-state index >= 15 is 4.39 Å². The van der Waals surface area contributed by atoms with Gasteiger partial charge in [-0.15, -0.1) is 0 Å². The number of nitrogens with zero attached hydrogens (tertiary/aromatic N) is 1. The Balaban J connectivity index is 1.34. The Labute approximate surface area is 228 Å². The molecule has 0 bridgehead atoms. The summed E-state index contributed by atoms with van der Waals surface area (Å²) in [4.78, 5) is 19.0. The van der Waals surface area contributed by atoms with E-state index in [2.05, 4.69) is 5.16 Å². The first-order valence-electron chi connectivity index (χ1n) is 13.9. The third-order valence-electron chi connectivity index (χ3n) is 10.5. The van der Waals surface area contributed by atoms with Gasteiger partial charge in [0.05, 0.1) is 12.2 Å². The summed E-state index contributed by atoms with van der Waals surface area (Å²) in [5.74, 6) is -1.66. The SMILES string of the molecule is Cc1ccc(O/N=C2\C=C[C@@]3(C)C(=C2)CC[C@H]2[C@@H]4C[C@H]5OC(C)(C)O[C@@]5(C(=O)CO)[C@@]4(C)C[C@H](O)[C@@]23F)cc1. The van der Waals surface area contributed by atoms with Gasteiger partial charge in [-0.25, -0.2) is 4.39 Å². The first-order valence-corrected chi connectivity index (χ1v) is 13.9. The van der Waals surface area contributed by atoms with E-state index in [4.69, 9.17) is 14.3 Å². The normalized spacial score (nSPS) is 44.7. The fourth-order valence-corrected chi connectivity index (χ4v) is 8.70. The number of aliphatic hydroxyl groups is 2. The Bertz CT molecular complexity index is 1290. The third-order valence-corrected chi connectivity index (χ3v) is 10.5. The van der Waals surface area contributed by atoms with Crippen molar-refractivity contribution in [3.05, 3.63) is 53.6 Å². The van der Waals surface area contributed by atoms with Crippen LogP contribution in [0.1, 0.15) is 58.9 Å². The lowest BCUT2D eigenvalue weighted by molar-refractivity contribution is -0.246. The van der Waals surface area contributed by atoms with E-state index in [1.54, 1.807) is 19.9 Å². The second kappa shape index (κ2) is 8.56. The highest BCUT2D eigenvalue weighted by molar-refractivity contribution is 6.05. The summed E-state index contributed by atoms with van der Waals surface area (Å²) in [7, 11) is 0. The lowest BCUT2D eigenvalue weighted by Crippen LogP contribution is -2.70. The van der Waals surface area contributed by atoms with Crippen LogP contribution in [0, 0.1) is 29.6 Å². The van der Waals surface area contributed by atoms with Crippen molar-refractivity contribution < 1.29 is 33.7 Å². The molecule has 1 heterocycles. The molecule has 6 rings (SSSR count). The van der Waals surface area contributed by atoms with Crippen LogP contribution in [0.3, 0.4) is 0 Å². The number of oxime groups is 1. The maximum Gasteiger partial charge on any atom is 0.193 e. The van der Waals surface area contributed by atoms with Crippen LogP contribution >= 0.6 is 0 Å². The van der Waals surface area contributed by atoms with E-state index in [9.17, 15) is 15.0 Å². The Morgan fingerprint density at radius 2 is 1.90 bits per heavy atom. The largest absolute Gasteiger partial charge is 0.390 e. The van der Waals surface area contributed by atoms with Crippen LogP contribution in [0.25, 0.3) is 0 Å². The average molecular weight is 540 g/mol. The van der Waals surface area contributed by atoms with Crippen molar-refractivity contribution in [1.29, 1.82) is 0 Å². The number of hydrogen-bond donors (Lipinski definition) is 2. The molecule has 3 saturated carbocycles. The summed E-state index contributed by atoms with van der Waals surface area (Å²) in [6.45, 7) is 8.57. The van der Waals surface area contributed by atoms with Crippen molar-refractivity contribution in [2.24, 2.45) is 27.8 Å². The molecule has 5 aliphatic rings. The summed E-state index contributed by atoms with van der Waals surface area (Å²) in [6, 6.07) is 7.58. The molecule has 4 fully saturated rings. The van der Waals surface area contributed by atoms with E-state index < -0.39 is 58.4 Å². The fourth-order valence-electron chi connectivity index (χ4n) is 8.70. The first-order chi connectivity index (χ1) is 18.3. The Morgan fingerprint density at radius 3 is 2.59 bits per heavy atom. The fraction of sp³-hybridized carbons (Fsp3) is 0.613. The van der Waals surface area contributed by atoms with E-state index in [0.29, 0.717) is 30.7 Å². The lowest BCUT2D eigenvalue weighted by atomic mass is 9.44. The third kappa shape index (κ3) is 3.47. The summed E-state index contributed by atoms with van der Waals surface area (Å²) < 4.78 is 30.2. The number of aryl methyl sites for hydroxylation is 1. The van der Waals surface area contributed by atoms with Gasteiger partial charge in [0.25, 0.3) is 0 Å².